The number of aromatic nitrogens is 1. The second-order valence-corrected chi connectivity index (χ2v) is 7.85. The second kappa shape index (κ2) is 9.46. The van der Waals surface area contributed by atoms with Crippen LogP contribution in [0, 0.1) is 6.92 Å². The van der Waals surface area contributed by atoms with Crippen LogP contribution in [-0.4, -0.2) is 16.8 Å². The fourth-order valence-corrected chi connectivity index (χ4v) is 3.88. The molecule has 0 aliphatic rings. The first-order chi connectivity index (χ1) is 13.5. The first-order valence-electron chi connectivity index (χ1n) is 9.55. The maximum absolute atomic E-state index is 12.2. The molecule has 3 aromatic rings. The standard InChI is InChI=1S/C22H25N3O2S/c1-3-6-21(27)25-22-24-18-11-9-16(13-19(18)28-22)10-12-20(26)23-14-17-8-5-4-7-15(17)2/h4-5,7-9,11,13H,3,6,10,12,14H2,1-2H3,(H,23,26)(H,24,25,27). The van der Waals surface area contributed by atoms with Crippen molar-refractivity contribution in [1.82, 2.24) is 10.3 Å². The van der Waals surface area contributed by atoms with Crippen LogP contribution in [0.15, 0.2) is 42.5 Å². The van der Waals surface area contributed by atoms with Crippen LogP contribution in [0.2, 0.25) is 0 Å². The van der Waals surface area contributed by atoms with E-state index in [9.17, 15) is 9.59 Å². The van der Waals surface area contributed by atoms with Crippen molar-refractivity contribution in [2.24, 2.45) is 0 Å². The van der Waals surface area contributed by atoms with Gasteiger partial charge in [0.15, 0.2) is 5.13 Å². The second-order valence-electron chi connectivity index (χ2n) is 6.82. The third-order valence-electron chi connectivity index (χ3n) is 4.55. The lowest BCUT2D eigenvalue weighted by Gasteiger charge is -2.08. The molecule has 2 N–H and O–H groups in total. The van der Waals surface area contributed by atoms with Crippen molar-refractivity contribution in [3.05, 3.63) is 59.2 Å². The van der Waals surface area contributed by atoms with Crippen LogP contribution in [0.4, 0.5) is 5.13 Å². The molecule has 3 rings (SSSR count). The minimum Gasteiger partial charge on any atom is -0.352 e. The highest BCUT2D eigenvalue weighted by Gasteiger charge is 2.09. The van der Waals surface area contributed by atoms with Crippen LogP contribution in [0.1, 0.15) is 42.9 Å². The molecule has 0 atom stereocenters. The number of amides is 2. The molecule has 2 aromatic carbocycles. The maximum atomic E-state index is 12.2. The Labute approximate surface area is 169 Å². The largest absolute Gasteiger partial charge is 0.352 e. The van der Waals surface area contributed by atoms with Crippen LogP contribution < -0.4 is 10.6 Å². The fraction of sp³-hybridized carbons (Fsp3) is 0.318. The molecule has 28 heavy (non-hydrogen) atoms. The highest BCUT2D eigenvalue weighted by Crippen LogP contribution is 2.27. The Hall–Kier alpha value is -2.73. The first kappa shape index (κ1) is 20.0. The van der Waals surface area contributed by atoms with Crippen molar-refractivity contribution in [3.8, 4) is 0 Å². The normalized spacial score (nSPS) is 10.8. The number of carbonyl (C=O) groups excluding carboxylic acids is 2. The summed E-state index contributed by atoms with van der Waals surface area (Å²) in [5.74, 6) is 0.0345. The summed E-state index contributed by atoms with van der Waals surface area (Å²) in [5, 5.41) is 6.46. The van der Waals surface area contributed by atoms with Crippen molar-refractivity contribution in [1.29, 1.82) is 0 Å². The summed E-state index contributed by atoms with van der Waals surface area (Å²) in [7, 11) is 0. The van der Waals surface area contributed by atoms with Gasteiger partial charge in [0.2, 0.25) is 11.8 Å². The van der Waals surface area contributed by atoms with Crippen molar-refractivity contribution in [3.63, 3.8) is 0 Å². The summed E-state index contributed by atoms with van der Waals surface area (Å²) in [4.78, 5) is 28.4. The molecular weight excluding hydrogens is 370 g/mol. The lowest BCUT2D eigenvalue weighted by molar-refractivity contribution is -0.121. The molecule has 1 heterocycles. The van der Waals surface area contributed by atoms with E-state index in [2.05, 4.69) is 21.7 Å². The van der Waals surface area contributed by atoms with Gasteiger partial charge in [0, 0.05) is 19.4 Å². The van der Waals surface area contributed by atoms with E-state index in [-0.39, 0.29) is 11.8 Å². The molecule has 0 fully saturated rings. The number of hydrogen-bond donors (Lipinski definition) is 2. The Bertz CT molecular complexity index is 981. The lowest BCUT2D eigenvalue weighted by atomic mass is 10.1. The Morgan fingerprint density at radius 1 is 1.07 bits per heavy atom. The van der Waals surface area contributed by atoms with Gasteiger partial charge >= 0.3 is 0 Å². The van der Waals surface area contributed by atoms with Crippen LogP contribution >= 0.6 is 11.3 Å². The zero-order chi connectivity index (χ0) is 19.9. The molecule has 0 bridgehead atoms. The van der Waals surface area contributed by atoms with Gasteiger partial charge in [-0.25, -0.2) is 4.98 Å². The molecular formula is C22H25N3O2S. The number of carbonyl (C=O) groups is 2. The van der Waals surface area contributed by atoms with E-state index in [4.69, 9.17) is 0 Å². The Kier molecular flexibility index (Phi) is 6.76. The summed E-state index contributed by atoms with van der Waals surface area (Å²) in [6.45, 7) is 4.58. The number of nitrogens with one attached hydrogen (secondary N) is 2. The highest BCUT2D eigenvalue weighted by atomic mass is 32.1. The molecule has 0 aliphatic carbocycles. The molecule has 1 aromatic heterocycles. The number of thiazole rings is 1. The monoisotopic (exact) mass is 395 g/mol. The van der Waals surface area contributed by atoms with Gasteiger partial charge in [-0.2, -0.15) is 0 Å². The van der Waals surface area contributed by atoms with Gasteiger partial charge in [0.1, 0.15) is 0 Å². The van der Waals surface area contributed by atoms with E-state index in [0.717, 1.165) is 27.8 Å². The van der Waals surface area contributed by atoms with Gasteiger partial charge < -0.3 is 10.6 Å². The van der Waals surface area contributed by atoms with Crippen molar-refractivity contribution in [2.45, 2.75) is 46.1 Å². The summed E-state index contributed by atoms with van der Waals surface area (Å²) in [6.07, 6.45) is 2.42. The van der Waals surface area contributed by atoms with Gasteiger partial charge in [0.05, 0.1) is 10.2 Å². The molecule has 6 heteroatoms. The fourth-order valence-electron chi connectivity index (χ4n) is 2.94. The molecule has 0 saturated heterocycles. The third-order valence-corrected chi connectivity index (χ3v) is 5.49. The minimum atomic E-state index is -0.00731. The maximum Gasteiger partial charge on any atom is 0.226 e. The van der Waals surface area contributed by atoms with E-state index < -0.39 is 0 Å². The number of rotatable bonds is 8. The summed E-state index contributed by atoms with van der Waals surface area (Å²) < 4.78 is 1.02. The zero-order valence-corrected chi connectivity index (χ0v) is 17.1. The predicted molar refractivity (Wildman–Crippen MR) is 115 cm³/mol. The Balaban J connectivity index is 1.54. The predicted octanol–water partition coefficient (Wildman–Crippen LogP) is 4.59. The highest BCUT2D eigenvalue weighted by molar-refractivity contribution is 7.22. The topological polar surface area (TPSA) is 71.1 Å². The average Bonchev–Trinajstić information content (AvgIpc) is 3.07. The number of anilines is 1. The van der Waals surface area contributed by atoms with E-state index >= 15 is 0 Å². The van der Waals surface area contributed by atoms with E-state index in [1.807, 2.05) is 50.2 Å². The molecule has 0 saturated carbocycles. The Morgan fingerprint density at radius 3 is 2.68 bits per heavy atom. The molecule has 0 spiro atoms. The van der Waals surface area contributed by atoms with E-state index in [1.54, 1.807) is 0 Å². The van der Waals surface area contributed by atoms with Crippen molar-refractivity contribution in [2.75, 3.05) is 5.32 Å². The number of aryl methyl sites for hydroxylation is 2. The molecule has 0 aliphatic heterocycles. The zero-order valence-electron chi connectivity index (χ0n) is 16.2. The molecule has 0 unspecified atom stereocenters. The quantitative estimate of drug-likeness (QED) is 0.586. The lowest BCUT2D eigenvalue weighted by Crippen LogP contribution is -2.23. The number of fused-ring (bicyclic) bond motifs is 1. The Morgan fingerprint density at radius 2 is 1.89 bits per heavy atom. The SMILES string of the molecule is CCCC(=O)Nc1nc2ccc(CCC(=O)NCc3ccccc3C)cc2s1. The minimum absolute atomic E-state index is 0.00731. The molecule has 0 radical (unpaired) electrons. The van der Waals surface area contributed by atoms with Crippen LogP contribution in [0.25, 0.3) is 10.2 Å². The third kappa shape index (κ3) is 5.39. The summed E-state index contributed by atoms with van der Waals surface area (Å²) >= 11 is 1.47. The number of benzene rings is 2. The van der Waals surface area contributed by atoms with Crippen LogP contribution in [0.5, 0.6) is 0 Å². The summed E-state index contributed by atoms with van der Waals surface area (Å²) in [5.41, 5.74) is 4.28. The van der Waals surface area contributed by atoms with Crippen molar-refractivity contribution >= 4 is 38.5 Å². The molecule has 2 amide bonds. The van der Waals surface area contributed by atoms with Crippen molar-refractivity contribution < 1.29 is 9.59 Å². The first-order valence-corrected chi connectivity index (χ1v) is 10.4. The number of nitrogens with zero attached hydrogens (tertiary/aromatic N) is 1. The van der Waals surface area contributed by atoms with Crippen LogP contribution in [-0.2, 0) is 22.6 Å². The van der Waals surface area contributed by atoms with Gasteiger partial charge in [0.25, 0.3) is 0 Å². The van der Waals surface area contributed by atoms with E-state index in [0.29, 0.717) is 30.9 Å². The van der Waals surface area contributed by atoms with Gasteiger partial charge in [-0.05, 0) is 48.6 Å². The van der Waals surface area contributed by atoms with E-state index in [1.165, 1.54) is 16.9 Å². The smallest absolute Gasteiger partial charge is 0.226 e. The van der Waals surface area contributed by atoms with Gasteiger partial charge in [-0.1, -0.05) is 48.6 Å². The molecule has 146 valence electrons. The number of hydrogen-bond acceptors (Lipinski definition) is 4. The summed E-state index contributed by atoms with van der Waals surface area (Å²) in [6, 6.07) is 14.1. The van der Waals surface area contributed by atoms with Crippen LogP contribution in [0.3, 0.4) is 0 Å². The molecule has 5 nitrogen and oxygen atoms in total. The average molecular weight is 396 g/mol. The van der Waals surface area contributed by atoms with Gasteiger partial charge in [-0.15, -0.1) is 0 Å². The van der Waals surface area contributed by atoms with Gasteiger partial charge in [-0.3, -0.25) is 9.59 Å².